The van der Waals surface area contributed by atoms with Gasteiger partial charge >= 0.3 is 0 Å². The molecule has 2 aliphatic rings. The third-order valence-electron chi connectivity index (χ3n) is 5.08. The molecule has 3 rings (SSSR count). The summed E-state index contributed by atoms with van der Waals surface area (Å²) in [6.45, 7) is 7.98. The standard InChI is InChI=1S/C19H30N4O/c1-19(9-5-13-24-19)15-22-18(20-2)21-10-12-23-11-8-16-6-3-4-7-17(16)14-23/h3-4,6-7H,5,8-15H2,1-2H3,(H2,20,21,22). The molecule has 0 aromatic heterocycles. The van der Waals surface area contributed by atoms with Crippen molar-refractivity contribution in [3.63, 3.8) is 0 Å². The molecule has 0 bridgehead atoms. The van der Waals surface area contributed by atoms with Crippen molar-refractivity contribution in [3.8, 4) is 0 Å². The van der Waals surface area contributed by atoms with E-state index in [0.717, 1.165) is 64.6 Å². The van der Waals surface area contributed by atoms with Crippen LogP contribution in [-0.4, -0.2) is 56.3 Å². The molecule has 1 fully saturated rings. The zero-order chi connectivity index (χ0) is 16.8. The van der Waals surface area contributed by atoms with Gasteiger partial charge in [0.25, 0.3) is 0 Å². The quantitative estimate of drug-likeness (QED) is 0.638. The van der Waals surface area contributed by atoms with Crippen molar-refractivity contribution >= 4 is 5.96 Å². The number of hydrogen-bond donors (Lipinski definition) is 2. The number of nitrogens with one attached hydrogen (secondary N) is 2. The summed E-state index contributed by atoms with van der Waals surface area (Å²) in [7, 11) is 1.82. The predicted molar refractivity (Wildman–Crippen MR) is 98.4 cm³/mol. The van der Waals surface area contributed by atoms with Crippen molar-refractivity contribution in [2.45, 2.75) is 38.3 Å². The van der Waals surface area contributed by atoms with Gasteiger partial charge in [0, 0.05) is 46.4 Å². The Morgan fingerprint density at radius 2 is 2.12 bits per heavy atom. The second kappa shape index (κ2) is 7.99. The van der Waals surface area contributed by atoms with Crippen LogP contribution >= 0.6 is 0 Å². The highest BCUT2D eigenvalue weighted by Gasteiger charge is 2.29. The minimum atomic E-state index is -0.0474. The van der Waals surface area contributed by atoms with Gasteiger partial charge in [-0.2, -0.15) is 0 Å². The Morgan fingerprint density at radius 1 is 1.29 bits per heavy atom. The number of fused-ring (bicyclic) bond motifs is 1. The third-order valence-corrected chi connectivity index (χ3v) is 5.08. The Balaban J connectivity index is 1.39. The van der Waals surface area contributed by atoms with Crippen molar-refractivity contribution in [2.24, 2.45) is 4.99 Å². The number of ether oxygens (including phenoxy) is 1. The zero-order valence-electron chi connectivity index (χ0n) is 15.0. The molecule has 5 nitrogen and oxygen atoms in total. The van der Waals surface area contributed by atoms with Gasteiger partial charge in [-0.1, -0.05) is 24.3 Å². The van der Waals surface area contributed by atoms with Crippen molar-refractivity contribution in [2.75, 3.05) is 39.8 Å². The second-order valence-corrected chi connectivity index (χ2v) is 7.05. The van der Waals surface area contributed by atoms with Crippen molar-refractivity contribution in [3.05, 3.63) is 35.4 Å². The van der Waals surface area contributed by atoms with Crippen molar-refractivity contribution < 1.29 is 4.74 Å². The Bertz CT molecular complexity index is 566. The molecule has 2 aliphatic heterocycles. The van der Waals surface area contributed by atoms with E-state index in [1.165, 1.54) is 11.1 Å². The van der Waals surface area contributed by atoms with Crippen molar-refractivity contribution in [1.29, 1.82) is 0 Å². The minimum Gasteiger partial charge on any atom is -0.373 e. The van der Waals surface area contributed by atoms with Crippen molar-refractivity contribution in [1.82, 2.24) is 15.5 Å². The van der Waals surface area contributed by atoms with Crippen LogP contribution in [-0.2, 0) is 17.7 Å². The molecular weight excluding hydrogens is 300 g/mol. The van der Waals surface area contributed by atoms with E-state index in [2.05, 4.69) is 51.7 Å². The van der Waals surface area contributed by atoms with Gasteiger partial charge in [0.2, 0.25) is 0 Å². The summed E-state index contributed by atoms with van der Waals surface area (Å²) in [6.07, 6.45) is 3.42. The molecule has 1 saturated heterocycles. The van der Waals surface area contributed by atoms with Gasteiger partial charge in [0.05, 0.1) is 5.60 Å². The maximum atomic E-state index is 5.81. The molecule has 0 saturated carbocycles. The molecule has 0 amide bonds. The number of nitrogens with zero attached hydrogens (tertiary/aromatic N) is 2. The largest absolute Gasteiger partial charge is 0.373 e. The molecule has 2 heterocycles. The van der Waals surface area contributed by atoms with Crippen LogP contribution < -0.4 is 10.6 Å². The topological polar surface area (TPSA) is 48.9 Å². The van der Waals surface area contributed by atoms with E-state index in [1.807, 2.05) is 7.05 Å². The van der Waals surface area contributed by atoms with Crippen LogP contribution in [0.3, 0.4) is 0 Å². The number of aliphatic imine (C=N–C) groups is 1. The fraction of sp³-hybridized carbons (Fsp3) is 0.632. The van der Waals surface area contributed by atoms with Gasteiger partial charge in [-0.15, -0.1) is 0 Å². The van der Waals surface area contributed by atoms with Crippen LogP contribution in [0.25, 0.3) is 0 Å². The monoisotopic (exact) mass is 330 g/mol. The van der Waals surface area contributed by atoms with E-state index < -0.39 is 0 Å². The molecule has 1 unspecified atom stereocenters. The van der Waals surface area contributed by atoms with Crippen LogP contribution in [0.4, 0.5) is 0 Å². The molecule has 0 spiro atoms. The smallest absolute Gasteiger partial charge is 0.191 e. The average Bonchev–Trinajstić information content (AvgIpc) is 3.04. The fourth-order valence-electron chi connectivity index (χ4n) is 3.55. The Hall–Kier alpha value is -1.59. The van der Waals surface area contributed by atoms with Gasteiger partial charge in [0.1, 0.15) is 0 Å². The Labute approximate surface area is 145 Å². The molecule has 5 heteroatoms. The average molecular weight is 330 g/mol. The van der Waals surface area contributed by atoms with Gasteiger partial charge in [-0.25, -0.2) is 0 Å². The molecule has 2 N–H and O–H groups in total. The lowest BCUT2D eigenvalue weighted by atomic mass is 10.00. The molecule has 1 aromatic carbocycles. The molecule has 1 aromatic rings. The van der Waals surface area contributed by atoms with Crippen LogP contribution in [0.2, 0.25) is 0 Å². The highest BCUT2D eigenvalue weighted by Crippen LogP contribution is 2.23. The molecular formula is C19H30N4O. The summed E-state index contributed by atoms with van der Waals surface area (Å²) >= 11 is 0. The first-order valence-corrected chi connectivity index (χ1v) is 9.06. The summed E-state index contributed by atoms with van der Waals surface area (Å²) in [4.78, 5) is 6.82. The second-order valence-electron chi connectivity index (χ2n) is 7.05. The van der Waals surface area contributed by atoms with Crippen LogP contribution in [0, 0.1) is 0 Å². The lowest BCUT2D eigenvalue weighted by Crippen LogP contribution is -2.47. The predicted octanol–water partition coefficient (Wildman–Crippen LogP) is 1.78. The first-order valence-electron chi connectivity index (χ1n) is 9.06. The number of hydrogen-bond acceptors (Lipinski definition) is 3. The molecule has 132 valence electrons. The Morgan fingerprint density at radius 3 is 2.88 bits per heavy atom. The van der Waals surface area contributed by atoms with E-state index in [9.17, 15) is 0 Å². The van der Waals surface area contributed by atoms with E-state index in [-0.39, 0.29) is 5.60 Å². The number of benzene rings is 1. The molecule has 0 aliphatic carbocycles. The van der Waals surface area contributed by atoms with Gasteiger partial charge in [-0.05, 0) is 37.3 Å². The first kappa shape index (κ1) is 17.2. The van der Waals surface area contributed by atoms with Crippen LogP contribution in [0.1, 0.15) is 30.9 Å². The first-order chi connectivity index (χ1) is 11.7. The van der Waals surface area contributed by atoms with Gasteiger partial charge < -0.3 is 15.4 Å². The van der Waals surface area contributed by atoms with E-state index in [0.29, 0.717) is 0 Å². The molecule has 1 atom stereocenters. The molecule has 24 heavy (non-hydrogen) atoms. The highest BCUT2D eigenvalue weighted by molar-refractivity contribution is 5.79. The summed E-state index contributed by atoms with van der Waals surface area (Å²) in [5, 5.41) is 6.82. The number of rotatable bonds is 5. The lowest BCUT2D eigenvalue weighted by molar-refractivity contribution is 0.0243. The summed E-state index contributed by atoms with van der Waals surface area (Å²) in [5.74, 6) is 0.865. The minimum absolute atomic E-state index is 0.0474. The highest BCUT2D eigenvalue weighted by atomic mass is 16.5. The van der Waals surface area contributed by atoms with Gasteiger partial charge in [0.15, 0.2) is 5.96 Å². The normalized spacial score (nSPS) is 24.7. The Kier molecular flexibility index (Phi) is 5.74. The fourth-order valence-corrected chi connectivity index (χ4v) is 3.55. The third kappa shape index (κ3) is 4.48. The maximum absolute atomic E-state index is 5.81. The maximum Gasteiger partial charge on any atom is 0.191 e. The van der Waals surface area contributed by atoms with Crippen LogP contribution in [0.15, 0.2) is 29.3 Å². The lowest BCUT2D eigenvalue weighted by Gasteiger charge is -2.29. The van der Waals surface area contributed by atoms with Crippen LogP contribution in [0.5, 0.6) is 0 Å². The summed E-state index contributed by atoms with van der Waals surface area (Å²) in [5.41, 5.74) is 2.93. The number of guanidine groups is 1. The van der Waals surface area contributed by atoms with E-state index in [1.54, 1.807) is 0 Å². The summed E-state index contributed by atoms with van der Waals surface area (Å²) in [6, 6.07) is 8.78. The summed E-state index contributed by atoms with van der Waals surface area (Å²) < 4.78 is 5.81. The SMILES string of the molecule is CN=C(NCCN1CCc2ccccc2C1)NCC1(C)CCCO1. The van der Waals surface area contributed by atoms with Gasteiger partial charge in [-0.3, -0.25) is 9.89 Å². The van der Waals surface area contributed by atoms with E-state index in [4.69, 9.17) is 4.74 Å². The molecule has 0 radical (unpaired) electrons. The zero-order valence-corrected chi connectivity index (χ0v) is 15.0. The van der Waals surface area contributed by atoms with E-state index >= 15 is 0 Å².